The first-order chi connectivity index (χ1) is 19.8. The fourth-order valence-corrected chi connectivity index (χ4v) is 5.13. The third-order valence-corrected chi connectivity index (χ3v) is 7.65. The lowest BCUT2D eigenvalue weighted by atomic mass is 10.1. The molecule has 0 aliphatic carbocycles. The molecule has 1 aromatic heterocycles. The second-order valence-corrected chi connectivity index (χ2v) is 10.5. The van der Waals surface area contributed by atoms with Crippen LogP contribution in [0.15, 0.2) is 64.5 Å². The van der Waals surface area contributed by atoms with Crippen molar-refractivity contribution in [1.82, 2.24) is 14.9 Å². The van der Waals surface area contributed by atoms with Gasteiger partial charge >= 0.3 is 0 Å². The van der Waals surface area contributed by atoms with Crippen molar-refractivity contribution >= 4 is 40.2 Å². The first kappa shape index (κ1) is 28.2. The number of ether oxygens (including phenoxy) is 3. The minimum absolute atomic E-state index is 0.0310. The zero-order valence-corrected chi connectivity index (χ0v) is 23.8. The Hall–Kier alpha value is -4.35. The summed E-state index contributed by atoms with van der Waals surface area (Å²) in [5.41, 5.74) is 4.19. The van der Waals surface area contributed by atoms with Crippen molar-refractivity contribution < 1.29 is 23.8 Å². The van der Waals surface area contributed by atoms with Crippen molar-refractivity contribution in [3.63, 3.8) is 0 Å². The lowest BCUT2D eigenvalue weighted by Crippen LogP contribution is -2.27. The van der Waals surface area contributed by atoms with Gasteiger partial charge in [-0.3, -0.25) is 19.0 Å². The molecule has 0 fully saturated rings. The van der Waals surface area contributed by atoms with Crippen LogP contribution in [0.1, 0.15) is 27.0 Å². The molecule has 1 aliphatic rings. The minimum Gasteiger partial charge on any atom is -0.454 e. The molecular weight excluding hydrogens is 544 g/mol. The largest absolute Gasteiger partial charge is 0.454 e. The summed E-state index contributed by atoms with van der Waals surface area (Å²) >= 11 is 1.15. The van der Waals surface area contributed by atoms with Crippen LogP contribution in [-0.2, 0) is 16.1 Å². The number of aryl methyl sites for hydroxylation is 2. The van der Waals surface area contributed by atoms with Crippen LogP contribution in [0.4, 0.5) is 5.69 Å². The Labute approximate surface area is 241 Å². The van der Waals surface area contributed by atoms with Gasteiger partial charge in [-0.25, -0.2) is 4.98 Å². The van der Waals surface area contributed by atoms with E-state index in [4.69, 9.17) is 19.2 Å². The van der Waals surface area contributed by atoms with E-state index in [-0.39, 0.29) is 36.5 Å². The molecule has 2 amide bonds. The maximum Gasteiger partial charge on any atom is 0.262 e. The molecule has 0 atom stereocenters. The second-order valence-electron chi connectivity index (χ2n) is 9.59. The molecule has 10 nitrogen and oxygen atoms in total. The number of thioether (sulfide) groups is 1. The van der Waals surface area contributed by atoms with Gasteiger partial charge in [0, 0.05) is 24.9 Å². The van der Waals surface area contributed by atoms with Gasteiger partial charge in [-0.15, -0.1) is 0 Å². The van der Waals surface area contributed by atoms with Gasteiger partial charge < -0.3 is 24.8 Å². The monoisotopic (exact) mass is 574 g/mol. The summed E-state index contributed by atoms with van der Waals surface area (Å²) in [6, 6.07) is 16.0. The van der Waals surface area contributed by atoms with Gasteiger partial charge in [-0.05, 0) is 73.0 Å². The lowest BCUT2D eigenvalue weighted by Gasteiger charge is -2.14. The highest BCUT2D eigenvalue weighted by atomic mass is 32.2. The van der Waals surface area contributed by atoms with E-state index in [1.165, 1.54) is 4.57 Å². The average molecular weight is 575 g/mol. The first-order valence-corrected chi connectivity index (χ1v) is 14.0. The number of amides is 2. The quantitative estimate of drug-likeness (QED) is 0.166. The summed E-state index contributed by atoms with van der Waals surface area (Å²) in [6.45, 7) is 5.09. The van der Waals surface area contributed by atoms with Gasteiger partial charge in [-0.2, -0.15) is 0 Å². The van der Waals surface area contributed by atoms with Crippen LogP contribution >= 0.6 is 11.8 Å². The lowest BCUT2D eigenvalue weighted by molar-refractivity contribution is -0.113. The van der Waals surface area contributed by atoms with Gasteiger partial charge in [0.15, 0.2) is 16.7 Å². The Bertz CT molecular complexity index is 1690. The zero-order valence-electron chi connectivity index (χ0n) is 23.0. The zero-order chi connectivity index (χ0) is 28.9. The van der Waals surface area contributed by atoms with Crippen LogP contribution in [0.25, 0.3) is 10.9 Å². The van der Waals surface area contributed by atoms with E-state index < -0.39 is 0 Å². The number of hydrogen-bond donors (Lipinski definition) is 2. The van der Waals surface area contributed by atoms with Crippen molar-refractivity contribution in [2.24, 2.45) is 0 Å². The number of nitrogens with one attached hydrogen (secondary N) is 2. The highest BCUT2D eigenvalue weighted by molar-refractivity contribution is 7.99. The fourth-order valence-electron chi connectivity index (χ4n) is 4.33. The molecule has 0 unspecified atom stereocenters. The molecule has 0 saturated heterocycles. The van der Waals surface area contributed by atoms with Crippen molar-refractivity contribution in [2.75, 3.05) is 38.1 Å². The number of methoxy groups -OCH3 is 1. The van der Waals surface area contributed by atoms with Crippen LogP contribution in [0.3, 0.4) is 0 Å². The van der Waals surface area contributed by atoms with Crippen LogP contribution in [0.5, 0.6) is 11.5 Å². The number of carbonyl (C=O) groups excluding carboxylic acids is 2. The molecule has 41 heavy (non-hydrogen) atoms. The highest BCUT2D eigenvalue weighted by Gasteiger charge is 2.18. The highest BCUT2D eigenvalue weighted by Crippen LogP contribution is 2.33. The van der Waals surface area contributed by atoms with Crippen LogP contribution in [0.2, 0.25) is 0 Å². The third-order valence-electron chi connectivity index (χ3n) is 6.67. The Morgan fingerprint density at radius 2 is 1.85 bits per heavy atom. The summed E-state index contributed by atoms with van der Waals surface area (Å²) in [7, 11) is 1.56. The molecule has 212 valence electrons. The molecule has 0 radical (unpaired) electrons. The maximum absolute atomic E-state index is 13.7. The molecule has 4 aromatic rings. The number of fused-ring (bicyclic) bond motifs is 2. The van der Waals surface area contributed by atoms with Crippen molar-refractivity contribution in [1.29, 1.82) is 0 Å². The summed E-state index contributed by atoms with van der Waals surface area (Å²) in [5.74, 6) is 0.760. The molecule has 5 rings (SSSR count). The smallest absolute Gasteiger partial charge is 0.262 e. The predicted octanol–water partition coefficient (Wildman–Crippen LogP) is 3.90. The minimum atomic E-state index is -0.294. The fraction of sp³-hybridized carbons (Fsp3) is 0.267. The van der Waals surface area contributed by atoms with Gasteiger partial charge in [0.1, 0.15) is 0 Å². The summed E-state index contributed by atoms with van der Waals surface area (Å²) in [6.07, 6.45) is 0. The van der Waals surface area contributed by atoms with E-state index in [0.29, 0.717) is 52.0 Å². The molecule has 0 saturated carbocycles. The number of benzene rings is 3. The summed E-state index contributed by atoms with van der Waals surface area (Å²) < 4.78 is 17.4. The van der Waals surface area contributed by atoms with Gasteiger partial charge in [0.25, 0.3) is 11.5 Å². The number of carbonyl (C=O) groups is 2. The predicted molar refractivity (Wildman–Crippen MR) is 157 cm³/mol. The molecule has 2 heterocycles. The van der Waals surface area contributed by atoms with E-state index in [1.807, 2.05) is 44.2 Å². The van der Waals surface area contributed by atoms with Crippen molar-refractivity contribution in [2.45, 2.75) is 25.5 Å². The standard InChI is InChI=1S/C30H30N4O6S/c1-18-4-7-22(12-19(18)2)32-27(35)16-41-30-33-24-14-21(28(36)31-10-11-38-3)6-8-23(24)29(37)34(30)15-20-5-9-25-26(13-20)40-17-39-25/h4-9,12-14H,10-11,15-17H2,1-3H3,(H,31,36)(H,32,35). The summed E-state index contributed by atoms with van der Waals surface area (Å²) in [5, 5.41) is 6.40. The van der Waals surface area contributed by atoms with Gasteiger partial charge in [-0.1, -0.05) is 23.9 Å². The normalized spacial score (nSPS) is 12.0. The SMILES string of the molecule is COCCNC(=O)c1ccc2c(=O)n(Cc3ccc4c(c3)OCO4)c(SCC(=O)Nc3ccc(C)c(C)c3)nc2c1. The van der Waals surface area contributed by atoms with Crippen LogP contribution in [-0.4, -0.2) is 54.2 Å². The van der Waals surface area contributed by atoms with Crippen LogP contribution < -0.4 is 25.7 Å². The Morgan fingerprint density at radius 1 is 1.02 bits per heavy atom. The number of aromatic nitrogens is 2. The first-order valence-electron chi connectivity index (χ1n) is 13.0. The van der Waals surface area contributed by atoms with E-state index in [1.54, 1.807) is 31.4 Å². The number of anilines is 1. The van der Waals surface area contributed by atoms with Crippen molar-refractivity contribution in [3.8, 4) is 11.5 Å². The van der Waals surface area contributed by atoms with Gasteiger partial charge in [0.05, 0.1) is 29.8 Å². The number of nitrogens with zero attached hydrogens (tertiary/aromatic N) is 2. The van der Waals surface area contributed by atoms with E-state index in [0.717, 1.165) is 28.5 Å². The molecule has 3 aromatic carbocycles. The van der Waals surface area contributed by atoms with E-state index in [9.17, 15) is 14.4 Å². The van der Waals surface area contributed by atoms with Crippen LogP contribution in [0, 0.1) is 13.8 Å². The Kier molecular flexibility index (Phi) is 8.55. The average Bonchev–Trinajstić information content (AvgIpc) is 3.43. The van der Waals surface area contributed by atoms with E-state index >= 15 is 0 Å². The molecule has 1 aliphatic heterocycles. The molecule has 2 N–H and O–H groups in total. The second kappa shape index (κ2) is 12.4. The third kappa shape index (κ3) is 6.53. The van der Waals surface area contributed by atoms with Crippen molar-refractivity contribution in [3.05, 3.63) is 87.2 Å². The Morgan fingerprint density at radius 3 is 2.66 bits per heavy atom. The molecule has 0 bridgehead atoms. The molecule has 11 heteroatoms. The number of hydrogen-bond acceptors (Lipinski definition) is 8. The van der Waals surface area contributed by atoms with Gasteiger partial charge in [0.2, 0.25) is 12.7 Å². The molecular formula is C30H30N4O6S. The topological polar surface area (TPSA) is 121 Å². The molecule has 0 spiro atoms. The van der Waals surface area contributed by atoms with E-state index in [2.05, 4.69) is 10.6 Å². The Balaban J connectivity index is 1.45. The summed E-state index contributed by atoms with van der Waals surface area (Å²) in [4.78, 5) is 43.9. The maximum atomic E-state index is 13.7. The number of rotatable bonds is 10.